The van der Waals surface area contributed by atoms with Crippen molar-refractivity contribution >= 4 is 0 Å². The third kappa shape index (κ3) is 3.33. The summed E-state index contributed by atoms with van der Waals surface area (Å²) in [6, 6.07) is 0. The summed E-state index contributed by atoms with van der Waals surface area (Å²) in [5.74, 6) is 0.111. The van der Waals surface area contributed by atoms with E-state index >= 15 is 0 Å². The van der Waals surface area contributed by atoms with Crippen LogP contribution in [0.5, 0.6) is 0 Å². The Hall–Kier alpha value is -0.870. The zero-order chi connectivity index (χ0) is 13.9. The van der Waals surface area contributed by atoms with Gasteiger partial charge in [-0.25, -0.2) is 0 Å². The maximum atomic E-state index is 10.5. The van der Waals surface area contributed by atoms with Gasteiger partial charge in [0.2, 0.25) is 0 Å². The topological polar surface area (TPSA) is 64.1 Å². The van der Waals surface area contributed by atoms with Gasteiger partial charge in [0.15, 0.2) is 0 Å². The maximum absolute atomic E-state index is 10.5. The van der Waals surface area contributed by atoms with E-state index in [0.29, 0.717) is 6.54 Å². The number of rotatable bonds is 5. The van der Waals surface area contributed by atoms with Crippen molar-refractivity contribution < 1.29 is 5.11 Å². The predicted molar refractivity (Wildman–Crippen MR) is 74.3 cm³/mol. The van der Waals surface area contributed by atoms with Crippen LogP contribution in [-0.4, -0.2) is 21.4 Å². The fraction of sp³-hybridized carbons (Fsp3) is 0.786. The van der Waals surface area contributed by atoms with E-state index in [1.165, 1.54) is 0 Å². The Labute approximate surface area is 110 Å². The van der Waals surface area contributed by atoms with Gasteiger partial charge in [-0.15, -0.1) is 0 Å². The largest absolute Gasteiger partial charge is 0.388 e. The Morgan fingerprint density at radius 3 is 2.50 bits per heavy atom. The molecule has 1 aromatic heterocycles. The summed E-state index contributed by atoms with van der Waals surface area (Å²) in [4.78, 5) is 0. The van der Waals surface area contributed by atoms with E-state index in [2.05, 4.69) is 32.8 Å². The second-order valence-electron chi connectivity index (χ2n) is 6.09. The zero-order valence-electron chi connectivity index (χ0n) is 12.3. The standard InChI is InChI=1S/C14H27N3O/c1-6-7-10(8-15)12(18)11-9-17(5)16-13(11)14(2,3)4/h9-10,12,18H,6-8,15H2,1-5H3. The summed E-state index contributed by atoms with van der Waals surface area (Å²) < 4.78 is 1.78. The molecule has 1 aromatic rings. The molecule has 0 aliphatic rings. The van der Waals surface area contributed by atoms with E-state index in [-0.39, 0.29) is 11.3 Å². The van der Waals surface area contributed by atoms with Crippen LogP contribution < -0.4 is 5.73 Å². The number of hydrogen-bond acceptors (Lipinski definition) is 3. The van der Waals surface area contributed by atoms with E-state index in [1.807, 2.05) is 13.2 Å². The van der Waals surface area contributed by atoms with Crippen LogP contribution in [-0.2, 0) is 12.5 Å². The molecule has 1 heterocycles. The Morgan fingerprint density at radius 2 is 2.06 bits per heavy atom. The van der Waals surface area contributed by atoms with E-state index in [4.69, 9.17) is 5.73 Å². The SMILES string of the molecule is CCCC(CN)C(O)c1cn(C)nc1C(C)(C)C. The van der Waals surface area contributed by atoms with Gasteiger partial charge < -0.3 is 10.8 Å². The molecule has 2 unspecified atom stereocenters. The van der Waals surface area contributed by atoms with E-state index < -0.39 is 6.10 Å². The molecule has 1 rings (SSSR count). The van der Waals surface area contributed by atoms with Gasteiger partial charge in [-0.2, -0.15) is 5.10 Å². The molecule has 0 saturated heterocycles. The third-order valence-corrected chi connectivity index (χ3v) is 3.29. The van der Waals surface area contributed by atoms with Crippen molar-refractivity contribution in [2.75, 3.05) is 6.54 Å². The van der Waals surface area contributed by atoms with Crippen LogP contribution >= 0.6 is 0 Å². The fourth-order valence-electron chi connectivity index (χ4n) is 2.34. The number of aryl methyl sites for hydroxylation is 1. The van der Waals surface area contributed by atoms with Crippen molar-refractivity contribution in [1.29, 1.82) is 0 Å². The molecule has 2 atom stereocenters. The molecule has 0 radical (unpaired) electrons. The number of aliphatic hydroxyl groups is 1. The average molecular weight is 253 g/mol. The summed E-state index contributed by atoms with van der Waals surface area (Å²) in [5.41, 5.74) is 7.60. The summed E-state index contributed by atoms with van der Waals surface area (Å²) in [6.07, 6.45) is 3.38. The maximum Gasteiger partial charge on any atom is 0.0863 e. The molecule has 0 saturated carbocycles. The van der Waals surface area contributed by atoms with Crippen molar-refractivity contribution in [1.82, 2.24) is 9.78 Å². The van der Waals surface area contributed by atoms with Crippen LogP contribution in [0.25, 0.3) is 0 Å². The van der Waals surface area contributed by atoms with E-state index in [9.17, 15) is 5.11 Å². The molecule has 3 N–H and O–H groups in total. The lowest BCUT2D eigenvalue weighted by Gasteiger charge is -2.24. The number of nitrogens with two attached hydrogens (primary N) is 1. The van der Waals surface area contributed by atoms with E-state index in [1.54, 1.807) is 4.68 Å². The summed E-state index contributed by atoms with van der Waals surface area (Å²) in [5, 5.41) is 15.0. The minimum atomic E-state index is -0.516. The minimum Gasteiger partial charge on any atom is -0.388 e. The highest BCUT2D eigenvalue weighted by Gasteiger charge is 2.29. The summed E-state index contributed by atoms with van der Waals surface area (Å²) >= 11 is 0. The monoisotopic (exact) mass is 253 g/mol. The van der Waals surface area contributed by atoms with Gasteiger partial charge in [0.05, 0.1) is 11.8 Å². The van der Waals surface area contributed by atoms with Gasteiger partial charge >= 0.3 is 0 Å². The van der Waals surface area contributed by atoms with Crippen molar-refractivity contribution in [3.63, 3.8) is 0 Å². The van der Waals surface area contributed by atoms with Crippen molar-refractivity contribution in [3.8, 4) is 0 Å². The summed E-state index contributed by atoms with van der Waals surface area (Å²) in [7, 11) is 1.89. The highest BCUT2D eigenvalue weighted by molar-refractivity contribution is 5.26. The first-order valence-electron chi connectivity index (χ1n) is 6.73. The van der Waals surface area contributed by atoms with Gasteiger partial charge in [-0.05, 0) is 13.0 Å². The molecule has 0 aromatic carbocycles. The Balaban J connectivity index is 3.08. The highest BCUT2D eigenvalue weighted by atomic mass is 16.3. The third-order valence-electron chi connectivity index (χ3n) is 3.29. The lowest BCUT2D eigenvalue weighted by atomic mass is 9.84. The first-order valence-corrected chi connectivity index (χ1v) is 6.73. The molecular formula is C14H27N3O. The quantitative estimate of drug-likeness (QED) is 0.845. The van der Waals surface area contributed by atoms with Gasteiger partial charge in [0, 0.05) is 30.1 Å². The molecule has 4 nitrogen and oxygen atoms in total. The molecule has 104 valence electrons. The van der Waals surface area contributed by atoms with Crippen molar-refractivity contribution in [2.24, 2.45) is 18.7 Å². The second-order valence-corrected chi connectivity index (χ2v) is 6.09. The Bertz CT molecular complexity index is 379. The fourth-order valence-corrected chi connectivity index (χ4v) is 2.34. The molecule has 0 aliphatic heterocycles. The van der Waals surface area contributed by atoms with Gasteiger partial charge in [-0.3, -0.25) is 4.68 Å². The van der Waals surface area contributed by atoms with Crippen molar-refractivity contribution in [2.45, 2.75) is 52.1 Å². The predicted octanol–water partition coefficient (Wildman–Crippen LogP) is 2.13. The van der Waals surface area contributed by atoms with Gasteiger partial charge in [0.1, 0.15) is 0 Å². The number of nitrogens with zero attached hydrogens (tertiary/aromatic N) is 2. The minimum absolute atomic E-state index is 0.0665. The van der Waals surface area contributed by atoms with Gasteiger partial charge in [-0.1, -0.05) is 34.1 Å². The van der Waals surface area contributed by atoms with Crippen LogP contribution in [0, 0.1) is 5.92 Å². The van der Waals surface area contributed by atoms with Gasteiger partial charge in [0.25, 0.3) is 0 Å². The number of aliphatic hydroxyl groups excluding tert-OH is 1. The molecular weight excluding hydrogens is 226 g/mol. The lowest BCUT2D eigenvalue weighted by Crippen LogP contribution is -2.24. The zero-order valence-corrected chi connectivity index (χ0v) is 12.3. The van der Waals surface area contributed by atoms with Crippen molar-refractivity contribution in [3.05, 3.63) is 17.5 Å². The van der Waals surface area contributed by atoms with Crippen LogP contribution in [0.15, 0.2) is 6.20 Å². The molecule has 4 heteroatoms. The summed E-state index contributed by atoms with van der Waals surface area (Å²) in [6.45, 7) is 8.96. The van der Waals surface area contributed by atoms with Crippen LogP contribution in [0.2, 0.25) is 0 Å². The van der Waals surface area contributed by atoms with Crippen LogP contribution in [0.4, 0.5) is 0 Å². The van der Waals surface area contributed by atoms with E-state index in [0.717, 1.165) is 24.1 Å². The average Bonchev–Trinajstić information content (AvgIpc) is 2.67. The second kappa shape index (κ2) is 5.85. The first-order chi connectivity index (χ1) is 8.31. The smallest absolute Gasteiger partial charge is 0.0863 e. The molecule has 0 bridgehead atoms. The molecule has 0 fully saturated rings. The normalized spacial score (nSPS) is 15.7. The number of hydrogen-bond donors (Lipinski definition) is 2. The Kier molecular flexibility index (Phi) is 4.93. The molecule has 0 amide bonds. The number of aromatic nitrogens is 2. The first kappa shape index (κ1) is 15.2. The highest BCUT2D eigenvalue weighted by Crippen LogP contribution is 2.32. The molecule has 0 spiro atoms. The van der Waals surface area contributed by atoms with Crippen LogP contribution in [0.3, 0.4) is 0 Å². The molecule has 0 aliphatic carbocycles. The lowest BCUT2D eigenvalue weighted by molar-refractivity contribution is 0.105. The Morgan fingerprint density at radius 1 is 1.44 bits per heavy atom. The molecule has 18 heavy (non-hydrogen) atoms. The van der Waals surface area contributed by atoms with Crippen LogP contribution in [0.1, 0.15) is 57.9 Å².